The maximum atomic E-state index is 13.4. The third kappa shape index (κ3) is 5.01. The van der Waals surface area contributed by atoms with Gasteiger partial charge in [-0.05, 0) is 68.0 Å². The molecule has 4 nitrogen and oxygen atoms in total. The molecule has 0 aromatic heterocycles. The van der Waals surface area contributed by atoms with Gasteiger partial charge in [0.2, 0.25) is 0 Å². The van der Waals surface area contributed by atoms with E-state index in [4.69, 9.17) is 11.6 Å². The molecule has 162 valence electrons. The van der Waals surface area contributed by atoms with E-state index in [1.54, 1.807) is 12.1 Å². The molecule has 1 heterocycles. The van der Waals surface area contributed by atoms with Crippen LogP contribution in [0, 0.1) is 5.82 Å². The van der Waals surface area contributed by atoms with Crippen molar-refractivity contribution in [1.82, 2.24) is 4.90 Å². The van der Waals surface area contributed by atoms with Crippen molar-refractivity contribution in [3.8, 4) is 11.1 Å². The Morgan fingerprint density at radius 1 is 1.03 bits per heavy atom. The minimum atomic E-state index is -0.832. The van der Waals surface area contributed by atoms with Crippen LogP contribution in [0.2, 0.25) is 5.02 Å². The first-order valence-electron chi connectivity index (χ1n) is 10.4. The Hall–Kier alpha value is -2.60. The minimum absolute atomic E-state index is 0.0953. The van der Waals surface area contributed by atoms with Crippen molar-refractivity contribution < 1.29 is 9.50 Å². The predicted molar refractivity (Wildman–Crippen MR) is 126 cm³/mol. The summed E-state index contributed by atoms with van der Waals surface area (Å²) in [6.07, 6.45) is 0.341. The molecule has 0 aliphatic carbocycles. The number of nitrogens with one attached hydrogen (secondary N) is 1. The number of nitrogens with zero attached hydrogens (tertiary/aromatic N) is 2. The fourth-order valence-electron chi connectivity index (χ4n) is 3.94. The van der Waals surface area contributed by atoms with E-state index >= 15 is 0 Å². The van der Waals surface area contributed by atoms with Crippen LogP contribution in [0.1, 0.15) is 18.2 Å². The van der Waals surface area contributed by atoms with Crippen LogP contribution in [0.5, 0.6) is 0 Å². The SMILES string of the molecule is CN(C)C1CCN(c2ccc(NC(O)c3ccc(-c4ccc(F)c(Cl)c4)cc3)cc2)C1. The van der Waals surface area contributed by atoms with Gasteiger partial charge < -0.3 is 20.2 Å². The molecule has 6 heteroatoms. The number of aliphatic hydroxyl groups excluding tert-OH is 1. The van der Waals surface area contributed by atoms with Gasteiger partial charge in [-0.25, -0.2) is 4.39 Å². The molecule has 0 amide bonds. The molecule has 2 atom stereocenters. The van der Waals surface area contributed by atoms with Gasteiger partial charge in [-0.3, -0.25) is 0 Å². The van der Waals surface area contributed by atoms with E-state index in [2.05, 4.69) is 41.3 Å². The molecular weight excluding hydrogens is 413 g/mol. The van der Waals surface area contributed by atoms with Crippen molar-refractivity contribution in [3.63, 3.8) is 0 Å². The first-order chi connectivity index (χ1) is 14.9. The second-order valence-corrected chi connectivity index (χ2v) is 8.60. The largest absolute Gasteiger partial charge is 0.370 e. The molecule has 3 aromatic rings. The highest BCUT2D eigenvalue weighted by atomic mass is 35.5. The Balaban J connectivity index is 1.39. The summed E-state index contributed by atoms with van der Waals surface area (Å²) in [5.74, 6) is -0.435. The number of anilines is 2. The number of halogens is 2. The number of aliphatic hydroxyl groups is 1. The summed E-state index contributed by atoms with van der Waals surface area (Å²) in [5, 5.41) is 13.8. The molecule has 1 saturated heterocycles. The zero-order chi connectivity index (χ0) is 22.0. The average molecular weight is 440 g/mol. The van der Waals surface area contributed by atoms with Crippen LogP contribution in [0.15, 0.2) is 66.7 Å². The first kappa shape index (κ1) is 21.6. The lowest BCUT2D eigenvalue weighted by atomic mass is 10.0. The molecule has 31 heavy (non-hydrogen) atoms. The molecule has 0 radical (unpaired) electrons. The van der Waals surface area contributed by atoms with Gasteiger partial charge in [-0.2, -0.15) is 0 Å². The minimum Gasteiger partial charge on any atom is -0.370 e. The van der Waals surface area contributed by atoms with E-state index in [9.17, 15) is 9.50 Å². The number of benzene rings is 3. The van der Waals surface area contributed by atoms with Gasteiger partial charge in [0.1, 0.15) is 5.82 Å². The van der Waals surface area contributed by atoms with Crippen LogP contribution in [0.3, 0.4) is 0 Å². The van der Waals surface area contributed by atoms with Gasteiger partial charge in [-0.1, -0.05) is 41.9 Å². The molecule has 0 bridgehead atoms. The molecule has 2 unspecified atom stereocenters. The smallest absolute Gasteiger partial charge is 0.150 e. The van der Waals surface area contributed by atoms with Crippen LogP contribution < -0.4 is 10.2 Å². The lowest BCUT2D eigenvalue weighted by molar-refractivity contribution is 0.208. The normalized spacial score (nSPS) is 17.2. The fourth-order valence-corrected chi connectivity index (χ4v) is 4.12. The topological polar surface area (TPSA) is 38.7 Å². The quantitative estimate of drug-likeness (QED) is 0.505. The van der Waals surface area contributed by atoms with E-state index in [0.29, 0.717) is 6.04 Å². The van der Waals surface area contributed by atoms with Gasteiger partial charge in [0, 0.05) is 36.1 Å². The van der Waals surface area contributed by atoms with E-state index in [1.165, 1.54) is 18.2 Å². The number of hydrogen-bond acceptors (Lipinski definition) is 4. The van der Waals surface area contributed by atoms with Crippen molar-refractivity contribution >= 4 is 23.0 Å². The summed E-state index contributed by atoms with van der Waals surface area (Å²) in [4.78, 5) is 4.67. The van der Waals surface area contributed by atoms with Crippen LogP contribution in [-0.2, 0) is 0 Å². The maximum absolute atomic E-state index is 13.4. The number of rotatable bonds is 6. The van der Waals surface area contributed by atoms with E-state index in [1.807, 2.05) is 36.4 Å². The van der Waals surface area contributed by atoms with Crippen molar-refractivity contribution in [3.05, 3.63) is 83.1 Å². The van der Waals surface area contributed by atoms with Crippen molar-refractivity contribution in [1.29, 1.82) is 0 Å². The Kier molecular flexibility index (Phi) is 6.46. The van der Waals surface area contributed by atoms with Gasteiger partial charge in [0.25, 0.3) is 0 Å². The third-order valence-corrected chi connectivity index (χ3v) is 6.20. The van der Waals surface area contributed by atoms with Gasteiger partial charge >= 0.3 is 0 Å². The highest BCUT2D eigenvalue weighted by molar-refractivity contribution is 6.31. The summed E-state index contributed by atoms with van der Waals surface area (Å²) in [7, 11) is 4.26. The summed E-state index contributed by atoms with van der Waals surface area (Å²) in [5.41, 5.74) is 4.54. The molecule has 3 aromatic carbocycles. The molecule has 4 rings (SSSR count). The molecule has 1 aliphatic rings. The molecular formula is C25H27ClFN3O. The standard InChI is InChI=1S/C25H27ClFN3O/c1-29(2)22-13-14-30(16-22)21-10-8-20(9-11-21)28-25(31)18-5-3-17(4-6-18)19-7-12-24(27)23(26)15-19/h3-12,15,22,25,28,31H,13-14,16H2,1-2H3. The molecule has 0 spiro atoms. The van der Waals surface area contributed by atoms with Crippen LogP contribution in [0.4, 0.5) is 15.8 Å². The van der Waals surface area contributed by atoms with E-state index in [-0.39, 0.29) is 5.02 Å². The second-order valence-electron chi connectivity index (χ2n) is 8.20. The monoisotopic (exact) mass is 439 g/mol. The number of likely N-dealkylation sites (N-methyl/N-ethyl adjacent to an activating group) is 1. The molecule has 1 aliphatic heterocycles. The zero-order valence-electron chi connectivity index (χ0n) is 17.7. The van der Waals surface area contributed by atoms with E-state index < -0.39 is 12.0 Å². The Labute approximate surface area is 187 Å². The number of hydrogen-bond donors (Lipinski definition) is 2. The lowest BCUT2D eigenvalue weighted by Gasteiger charge is -2.22. The van der Waals surface area contributed by atoms with Crippen molar-refractivity contribution in [2.24, 2.45) is 0 Å². The first-order valence-corrected chi connectivity index (χ1v) is 10.8. The summed E-state index contributed by atoms with van der Waals surface area (Å²) in [6.45, 7) is 2.10. The highest BCUT2D eigenvalue weighted by Gasteiger charge is 2.24. The van der Waals surface area contributed by atoms with Crippen LogP contribution in [-0.4, -0.2) is 43.2 Å². The van der Waals surface area contributed by atoms with Crippen molar-refractivity contribution in [2.45, 2.75) is 18.7 Å². The van der Waals surface area contributed by atoms with Gasteiger partial charge in [-0.15, -0.1) is 0 Å². The average Bonchev–Trinajstić information content (AvgIpc) is 3.27. The maximum Gasteiger partial charge on any atom is 0.150 e. The van der Waals surface area contributed by atoms with Gasteiger partial charge in [0.05, 0.1) is 5.02 Å². The Morgan fingerprint density at radius 2 is 1.71 bits per heavy atom. The summed E-state index contributed by atoms with van der Waals surface area (Å²) >= 11 is 5.88. The zero-order valence-corrected chi connectivity index (χ0v) is 18.5. The predicted octanol–water partition coefficient (Wildman–Crippen LogP) is 5.39. The van der Waals surface area contributed by atoms with Crippen LogP contribution >= 0.6 is 11.6 Å². The van der Waals surface area contributed by atoms with Gasteiger partial charge in [0.15, 0.2) is 6.23 Å². The summed E-state index contributed by atoms with van der Waals surface area (Å²) in [6, 6.07) is 20.9. The van der Waals surface area contributed by atoms with Crippen molar-refractivity contribution in [2.75, 3.05) is 37.4 Å². The Morgan fingerprint density at radius 3 is 2.32 bits per heavy atom. The fraction of sp³-hybridized carbons (Fsp3) is 0.280. The molecule has 2 N–H and O–H groups in total. The molecule has 1 fully saturated rings. The van der Waals surface area contributed by atoms with E-state index in [0.717, 1.165) is 35.5 Å². The lowest BCUT2D eigenvalue weighted by Crippen LogP contribution is -2.31. The highest BCUT2D eigenvalue weighted by Crippen LogP contribution is 2.28. The summed E-state index contributed by atoms with van der Waals surface area (Å²) < 4.78 is 13.4. The molecule has 0 saturated carbocycles. The second kappa shape index (κ2) is 9.27. The Bertz CT molecular complexity index is 1020. The third-order valence-electron chi connectivity index (χ3n) is 5.91. The van der Waals surface area contributed by atoms with Crippen LogP contribution in [0.25, 0.3) is 11.1 Å².